The smallest absolute Gasteiger partial charge is 0.272 e. The number of benzene rings is 1. The molecule has 2 N–H and O–H groups in total. The van der Waals surface area contributed by atoms with E-state index in [1.165, 1.54) is 10.8 Å². The van der Waals surface area contributed by atoms with E-state index >= 15 is 0 Å². The number of fused-ring (bicyclic) bond motifs is 1. The Hall–Kier alpha value is -3.88. The van der Waals surface area contributed by atoms with Crippen LogP contribution in [0.2, 0.25) is 0 Å². The van der Waals surface area contributed by atoms with Crippen LogP contribution in [-0.2, 0) is 6.54 Å². The molecule has 0 fully saturated rings. The predicted molar refractivity (Wildman–Crippen MR) is 102 cm³/mol. The number of methoxy groups -OCH3 is 1. The molecule has 0 saturated carbocycles. The van der Waals surface area contributed by atoms with Crippen LogP contribution in [0.4, 0.5) is 5.95 Å². The van der Waals surface area contributed by atoms with Gasteiger partial charge in [0.15, 0.2) is 11.4 Å². The van der Waals surface area contributed by atoms with Crippen molar-refractivity contribution in [1.82, 2.24) is 24.5 Å². The first-order valence-electron chi connectivity index (χ1n) is 8.50. The van der Waals surface area contributed by atoms with Gasteiger partial charge in [0.05, 0.1) is 13.4 Å². The molecule has 9 heteroatoms. The van der Waals surface area contributed by atoms with Gasteiger partial charge >= 0.3 is 0 Å². The largest absolute Gasteiger partial charge is 0.497 e. The van der Waals surface area contributed by atoms with Crippen LogP contribution in [0.3, 0.4) is 0 Å². The van der Waals surface area contributed by atoms with E-state index in [-0.39, 0.29) is 17.5 Å². The molecule has 3 heterocycles. The zero-order chi connectivity index (χ0) is 19.7. The van der Waals surface area contributed by atoms with Crippen molar-refractivity contribution >= 4 is 17.5 Å². The lowest BCUT2D eigenvalue weighted by Crippen LogP contribution is -2.27. The van der Waals surface area contributed by atoms with Gasteiger partial charge in [-0.1, -0.05) is 12.1 Å². The van der Waals surface area contributed by atoms with Gasteiger partial charge in [0.1, 0.15) is 11.4 Å². The maximum Gasteiger partial charge on any atom is 0.272 e. The highest BCUT2D eigenvalue weighted by molar-refractivity contribution is 5.93. The summed E-state index contributed by atoms with van der Waals surface area (Å²) in [7, 11) is 3.30. The summed E-state index contributed by atoms with van der Waals surface area (Å²) in [4.78, 5) is 22.9. The lowest BCUT2D eigenvalue weighted by atomic mass is 10.2. The number of nitrogens with zero attached hydrogens (tertiary/aromatic N) is 5. The van der Waals surface area contributed by atoms with Crippen molar-refractivity contribution < 1.29 is 13.9 Å². The van der Waals surface area contributed by atoms with Crippen LogP contribution in [0.1, 0.15) is 16.1 Å². The molecule has 3 aromatic heterocycles. The number of ether oxygens (including phenoxy) is 1. The number of anilines is 1. The number of nitrogens with two attached hydrogens (primary N) is 1. The Morgan fingerprint density at radius 1 is 1.25 bits per heavy atom. The first-order chi connectivity index (χ1) is 13.5. The van der Waals surface area contributed by atoms with E-state index < -0.39 is 0 Å². The highest BCUT2D eigenvalue weighted by Gasteiger charge is 2.18. The second-order valence-corrected chi connectivity index (χ2v) is 6.20. The molecule has 142 valence electrons. The van der Waals surface area contributed by atoms with E-state index in [0.717, 1.165) is 11.3 Å². The van der Waals surface area contributed by atoms with Crippen LogP contribution in [0.5, 0.6) is 5.75 Å². The van der Waals surface area contributed by atoms with E-state index in [9.17, 15) is 4.79 Å². The summed E-state index contributed by atoms with van der Waals surface area (Å²) in [6, 6.07) is 12.6. The van der Waals surface area contributed by atoms with Crippen molar-refractivity contribution in [2.45, 2.75) is 6.54 Å². The van der Waals surface area contributed by atoms with Gasteiger partial charge in [-0.3, -0.25) is 4.79 Å². The highest BCUT2D eigenvalue weighted by atomic mass is 16.5. The van der Waals surface area contributed by atoms with Gasteiger partial charge < -0.3 is 19.8 Å². The van der Waals surface area contributed by atoms with E-state index in [0.29, 0.717) is 23.8 Å². The average molecular weight is 378 g/mol. The van der Waals surface area contributed by atoms with Crippen molar-refractivity contribution in [2.75, 3.05) is 19.9 Å². The fourth-order valence-corrected chi connectivity index (χ4v) is 2.84. The van der Waals surface area contributed by atoms with Gasteiger partial charge in [0.2, 0.25) is 11.8 Å². The Morgan fingerprint density at radius 2 is 2.11 bits per heavy atom. The Labute approximate surface area is 160 Å². The molecule has 0 unspecified atom stereocenters. The van der Waals surface area contributed by atoms with Gasteiger partial charge in [-0.05, 0) is 29.8 Å². The SMILES string of the molecule is COc1cccc(CN(C)C(=O)c2cc3nc(-c4ccco4)nn3c(N)n2)c1. The molecule has 0 aliphatic carbocycles. The molecule has 4 aromatic rings. The van der Waals surface area contributed by atoms with Crippen molar-refractivity contribution in [3.05, 3.63) is 60.0 Å². The van der Waals surface area contributed by atoms with Crippen molar-refractivity contribution in [3.8, 4) is 17.3 Å². The number of carbonyl (C=O) groups is 1. The molecule has 9 nitrogen and oxygen atoms in total. The van der Waals surface area contributed by atoms with Crippen molar-refractivity contribution in [3.63, 3.8) is 0 Å². The van der Waals surface area contributed by atoms with Crippen molar-refractivity contribution in [1.29, 1.82) is 0 Å². The van der Waals surface area contributed by atoms with Gasteiger partial charge in [-0.15, -0.1) is 5.10 Å². The fourth-order valence-electron chi connectivity index (χ4n) is 2.84. The highest BCUT2D eigenvalue weighted by Crippen LogP contribution is 2.19. The molecule has 0 spiro atoms. The Balaban J connectivity index is 1.61. The number of hydrogen-bond donors (Lipinski definition) is 1. The van der Waals surface area contributed by atoms with Gasteiger partial charge in [0.25, 0.3) is 5.91 Å². The summed E-state index contributed by atoms with van der Waals surface area (Å²) < 4.78 is 11.9. The second-order valence-electron chi connectivity index (χ2n) is 6.20. The molecule has 4 rings (SSSR count). The molecule has 0 aliphatic heterocycles. The minimum atomic E-state index is -0.278. The topological polar surface area (TPSA) is 112 Å². The molecular formula is C19H18N6O3. The standard InChI is InChI=1S/C19H18N6O3/c1-24(11-12-5-3-6-13(9-12)27-2)18(26)14-10-16-22-17(15-7-4-8-28-15)23-25(16)19(20)21-14/h3-10H,11H2,1-2H3,(H2,20,21). The second kappa shape index (κ2) is 7.03. The number of amides is 1. The summed E-state index contributed by atoms with van der Waals surface area (Å²) in [5.41, 5.74) is 7.52. The number of hydrogen-bond acceptors (Lipinski definition) is 7. The summed E-state index contributed by atoms with van der Waals surface area (Å²) in [5.74, 6) is 1.40. The number of carbonyl (C=O) groups excluding carboxylic acids is 1. The van der Waals surface area contributed by atoms with Gasteiger partial charge in [0, 0.05) is 19.7 Å². The first-order valence-corrected chi connectivity index (χ1v) is 8.50. The van der Waals surface area contributed by atoms with E-state index in [4.69, 9.17) is 14.9 Å². The van der Waals surface area contributed by atoms with Crippen LogP contribution < -0.4 is 10.5 Å². The summed E-state index contributed by atoms with van der Waals surface area (Å²) in [5, 5.41) is 4.27. The third kappa shape index (κ3) is 3.25. The monoisotopic (exact) mass is 378 g/mol. The lowest BCUT2D eigenvalue weighted by molar-refractivity contribution is 0.0779. The minimum absolute atomic E-state index is 0.0703. The lowest BCUT2D eigenvalue weighted by Gasteiger charge is -2.17. The number of nitrogen functional groups attached to an aromatic ring is 1. The summed E-state index contributed by atoms with van der Waals surface area (Å²) >= 11 is 0. The zero-order valence-corrected chi connectivity index (χ0v) is 15.4. The summed E-state index contributed by atoms with van der Waals surface area (Å²) in [6.45, 7) is 0.396. The molecule has 0 saturated heterocycles. The first kappa shape index (κ1) is 17.5. The molecule has 0 bridgehead atoms. The van der Waals surface area contributed by atoms with Crippen LogP contribution in [-0.4, -0.2) is 44.5 Å². The van der Waals surface area contributed by atoms with E-state index in [1.54, 1.807) is 37.3 Å². The molecular weight excluding hydrogens is 360 g/mol. The molecule has 28 heavy (non-hydrogen) atoms. The van der Waals surface area contributed by atoms with Crippen LogP contribution >= 0.6 is 0 Å². The zero-order valence-electron chi connectivity index (χ0n) is 15.4. The Bertz CT molecular complexity index is 1140. The van der Waals surface area contributed by atoms with Gasteiger partial charge in [-0.2, -0.15) is 4.52 Å². The van der Waals surface area contributed by atoms with E-state index in [1.807, 2.05) is 24.3 Å². The third-order valence-electron chi connectivity index (χ3n) is 4.21. The average Bonchev–Trinajstić information content (AvgIpc) is 3.37. The molecule has 0 aliphatic rings. The van der Waals surface area contributed by atoms with Crippen LogP contribution in [0.25, 0.3) is 17.2 Å². The molecule has 1 aromatic carbocycles. The Morgan fingerprint density at radius 3 is 2.86 bits per heavy atom. The number of aromatic nitrogens is 4. The van der Waals surface area contributed by atoms with Crippen LogP contribution in [0.15, 0.2) is 53.1 Å². The summed E-state index contributed by atoms with van der Waals surface area (Å²) in [6.07, 6.45) is 1.53. The molecule has 0 radical (unpaired) electrons. The van der Waals surface area contributed by atoms with Crippen molar-refractivity contribution in [2.24, 2.45) is 0 Å². The van der Waals surface area contributed by atoms with Crippen LogP contribution in [0, 0.1) is 0 Å². The van der Waals surface area contributed by atoms with E-state index in [2.05, 4.69) is 15.1 Å². The quantitative estimate of drug-likeness (QED) is 0.567. The maximum atomic E-state index is 12.8. The number of furan rings is 1. The fraction of sp³-hybridized carbons (Fsp3) is 0.158. The van der Waals surface area contributed by atoms with Gasteiger partial charge in [-0.25, -0.2) is 9.97 Å². The third-order valence-corrected chi connectivity index (χ3v) is 4.21. The minimum Gasteiger partial charge on any atom is -0.497 e. The number of rotatable bonds is 5. The Kier molecular flexibility index (Phi) is 4.40. The normalized spacial score (nSPS) is 10.9. The molecule has 0 atom stereocenters. The predicted octanol–water partition coefficient (Wildman–Crippen LogP) is 2.25. The maximum absolute atomic E-state index is 12.8. The molecule has 1 amide bonds.